The number of rotatable bonds is 4. The van der Waals surface area contributed by atoms with Gasteiger partial charge in [0.2, 0.25) is 17.7 Å². The number of hydrogen-bond donors (Lipinski definition) is 1. The van der Waals surface area contributed by atoms with Crippen molar-refractivity contribution in [2.75, 3.05) is 6.54 Å². The Labute approximate surface area is 118 Å². The molecule has 1 aliphatic rings. The van der Waals surface area contributed by atoms with Crippen LogP contribution in [0.15, 0.2) is 12.3 Å². The Hall–Kier alpha value is -2.78. The molecule has 1 N–H and O–H groups in total. The van der Waals surface area contributed by atoms with Crippen molar-refractivity contribution in [1.29, 1.82) is 0 Å². The van der Waals surface area contributed by atoms with Crippen LogP contribution in [0, 0.1) is 10.1 Å². The molecule has 2 heterocycles. The van der Waals surface area contributed by atoms with Crippen LogP contribution in [0.4, 0.5) is 5.82 Å². The first kappa shape index (κ1) is 14.6. The van der Waals surface area contributed by atoms with E-state index < -0.39 is 28.7 Å². The number of aromatic nitrogens is 2. The lowest BCUT2D eigenvalue weighted by Crippen LogP contribution is -2.60. The Morgan fingerprint density at radius 1 is 1.57 bits per heavy atom. The number of carbonyl (C=O) groups excluding carboxylic acids is 3. The predicted molar refractivity (Wildman–Crippen MR) is 67.8 cm³/mol. The molecule has 10 heteroatoms. The van der Waals surface area contributed by atoms with Gasteiger partial charge < -0.3 is 15.0 Å². The third kappa shape index (κ3) is 3.04. The van der Waals surface area contributed by atoms with Crippen LogP contribution in [-0.4, -0.2) is 49.9 Å². The number of carbonyl (C=O) groups is 3. The van der Waals surface area contributed by atoms with E-state index in [4.69, 9.17) is 0 Å². The van der Waals surface area contributed by atoms with Gasteiger partial charge in [-0.05, 0) is 11.3 Å². The Bertz CT molecular complexity index is 610. The molecule has 1 fully saturated rings. The molecule has 0 saturated carbocycles. The van der Waals surface area contributed by atoms with Gasteiger partial charge in [-0.1, -0.05) is 6.92 Å². The maximum atomic E-state index is 12.2. The molecule has 3 amide bonds. The number of nitro groups is 1. The molecule has 1 aliphatic heterocycles. The molecular formula is C11H13N5O5. The number of piperazine rings is 1. The second-order valence-corrected chi connectivity index (χ2v) is 4.49. The van der Waals surface area contributed by atoms with Gasteiger partial charge in [0.25, 0.3) is 0 Å². The molecule has 1 atom stereocenters. The number of hydrogen-bond acceptors (Lipinski definition) is 6. The summed E-state index contributed by atoms with van der Waals surface area (Å²) < 4.78 is 1.10. The van der Waals surface area contributed by atoms with E-state index in [0.29, 0.717) is 6.42 Å². The maximum absolute atomic E-state index is 12.2. The highest BCUT2D eigenvalue weighted by Gasteiger charge is 2.35. The first-order chi connectivity index (χ1) is 9.92. The lowest BCUT2D eigenvalue weighted by Gasteiger charge is -2.33. The summed E-state index contributed by atoms with van der Waals surface area (Å²) >= 11 is 0. The van der Waals surface area contributed by atoms with Gasteiger partial charge in [-0.3, -0.25) is 19.7 Å². The van der Waals surface area contributed by atoms with Crippen molar-refractivity contribution in [3.8, 4) is 0 Å². The van der Waals surface area contributed by atoms with Crippen LogP contribution in [0.3, 0.4) is 0 Å². The highest BCUT2D eigenvalue weighted by atomic mass is 16.6. The molecule has 1 aromatic rings. The summed E-state index contributed by atoms with van der Waals surface area (Å²) in [7, 11) is 0. The van der Waals surface area contributed by atoms with Gasteiger partial charge in [-0.25, -0.2) is 0 Å². The van der Waals surface area contributed by atoms with Crippen LogP contribution < -0.4 is 5.32 Å². The van der Waals surface area contributed by atoms with Gasteiger partial charge in [-0.15, -0.1) is 0 Å². The smallest absolute Gasteiger partial charge is 0.358 e. The highest BCUT2D eigenvalue weighted by Crippen LogP contribution is 2.11. The molecule has 10 nitrogen and oxygen atoms in total. The summed E-state index contributed by atoms with van der Waals surface area (Å²) in [6.45, 7) is 1.23. The molecule has 21 heavy (non-hydrogen) atoms. The van der Waals surface area contributed by atoms with Crippen molar-refractivity contribution in [3.63, 3.8) is 0 Å². The van der Waals surface area contributed by atoms with E-state index in [2.05, 4.69) is 10.4 Å². The standard InChI is InChI=1S/C11H13N5O5/c1-2-7-11(19)12-9(17)5-15(7)10(18)6-14-4-3-8(13-14)16(20)21/h3-4,7H,2,5-6H2,1H3,(H,12,17,19). The summed E-state index contributed by atoms with van der Waals surface area (Å²) in [4.78, 5) is 46.2. The largest absolute Gasteiger partial charge is 0.389 e. The maximum Gasteiger partial charge on any atom is 0.389 e. The average Bonchev–Trinajstić information content (AvgIpc) is 2.86. The second-order valence-electron chi connectivity index (χ2n) is 4.49. The van der Waals surface area contributed by atoms with E-state index in [1.165, 1.54) is 12.3 Å². The third-order valence-electron chi connectivity index (χ3n) is 3.07. The summed E-state index contributed by atoms with van der Waals surface area (Å²) in [5.74, 6) is -1.94. The third-order valence-corrected chi connectivity index (χ3v) is 3.07. The molecule has 0 radical (unpaired) electrons. The van der Waals surface area contributed by atoms with Gasteiger partial charge in [0.05, 0.1) is 17.4 Å². The predicted octanol–water partition coefficient (Wildman–Crippen LogP) is -0.945. The molecule has 1 aromatic heterocycles. The van der Waals surface area contributed by atoms with E-state index in [1.54, 1.807) is 6.92 Å². The van der Waals surface area contributed by atoms with Crippen molar-refractivity contribution >= 4 is 23.5 Å². The summed E-state index contributed by atoms with van der Waals surface area (Å²) in [6.07, 6.45) is 1.66. The molecule has 0 aliphatic carbocycles. The van der Waals surface area contributed by atoms with Crippen LogP contribution in [0.5, 0.6) is 0 Å². The lowest BCUT2D eigenvalue weighted by molar-refractivity contribution is -0.389. The molecule has 0 aromatic carbocycles. The van der Waals surface area contributed by atoms with Gasteiger partial charge in [0, 0.05) is 0 Å². The second kappa shape index (κ2) is 5.69. The lowest BCUT2D eigenvalue weighted by atomic mass is 10.1. The van der Waals surface area contributed by atoms with Crippen molar-refractivity contribution in [2.24, 2.45) is 0 Å². The first-order valence-electron chi connectivity index (χ1n) is 6.23. The zero-order valence-corrected chi connectivity index (χ0v) is 11.2. The average molecular weight is 295 g/mol. The van der Waals surface area contributed by atoms with Crippen LogP contribution in [0.1, 0.15) is 13.3 Å². The molecule has 2 rings (SSSR count). The van der Waals surface area contributed by atoms with Crippen molar-refractivity contribution in [3.05, 3.63) is 22.4 Å². The SMILES string of the molecule is CCC1C(=O)NC(=O)CN1C(=O)Cn1ccc([N+](=O)[O-])n1. The fourth-order valence-electron chi connectivity index (χ4n) is 2.10. The highest BCUT2D eigenvalue weighted by molar-refractivity contribution is 6.04. The summed E-state index contributed by atoms with van der Waals surface area (Å²) in [6, 6.07) is 0.444. The molecule has 112 valence electrons. The van der Waals surface area contributed by atoms with Crippen molar-refractivity contribution in [2.45, 2.75) is 25.9 Å². The topological polar surface area (TPSA) is 127 Å². The van der Waals surface area contributed by atoms with E-state index in [9.17, 15) is 24.5 Å². The molecule has 1 unspecified atom stereocenters. The minimum atomic E-state index is -0.722. The Kier molecular flexibility index (Phi) is 3.96. The molecule has 0 spiro atoms. The zero-order chi connectivity index (χ0) is 15.6. The minimum absolute atomic E-state index is 0.216. The Balaban J connectivity index is 2.11. The van der Waals surface area contributed by atoms with Gasteiger partial charge >= 0.3 is 5.82 Å². The van der Waals surface area contributed by atoms with E-state index in [1.807, 2.05) is 0 Å². The zero-order valence-electron chi connectivity index (χ0n) is 11.2. The molecule has 0 bridgehead atoms. The first-order valence-corrected chi connectivity index (χ1v) is 6.23. The van der Waals surface area contributed by atoms with E-state index in [-0.39, 0.29) is 18.9 Å². The summed E-state index contributed by atoms with van der Waals surface area (Å²) in [5.41, 5.74) is 0. The van der Waals surface area contributed by atoms with Crippen molar-refractivity contribution < 1.29 is 19.3 Å². The van der Waals surface area contributed by atoms with Gasteiger partial charge in [0.15, 0.2) is 0 Å². The Morgan fingerprint density at radius 3 is 2.86 bits per heavy atom. The minimum Gasteiger partial charge on any atom is -0.358 e. The molecule has 1 saturated heterocycles. The fraction of sp³-hybridized carbons (Fsp3) is 0.455. The van der Waals surface area contributed by atoms with E-state index in [0.717, 1.165) is 9.58 Å². The monoisotopic (exact) mass is 295 g/mol. The normalized spacial score (nSPS) is 18.5. The van der Waals surface area contributed by atoms with Crippen LogP contribution in [0.25, 0.3) is 0 Å². The van der Waals surface area contributed by atoms with Gasteiger partial charge in [0.1, 0.15) is 19.1 Å². The number of nitrogens with one attached hydrogen (secondary N) is 1. The summed E-state index contributed by atoms with van der Waals surface area (Å²) in [5, 5.41) is 16.3. The quantitative estimate of drug-likeness (QED) is 0.433. The van der Waals surface area contributed by atoms with Crippen LogP contribution >= 0.6 is 0 Å². The Morgan fingerprint density at radius 2 is 2.29 bits per heavy atom. The number of imide groups is 1. The fourth-order valence-corrected chi connectivity index (χ4v) is 2.10. The van der Waals surface area contributed by atoms with Crippen LogP contribution in [0.2, 0.25) is 0 Å². The van der Waals surface area contributed by atoms with E-state index >= 15 is 0 Å². The van der Waals surface area contributed by atoms with Crippen molar-refractivity contribution in [1.82, 2.24) is 20.0 Å². The van der Waals surface area contributed by atoms with Gasteiger partial charge in [-0.2, -0.15) is 4.68 Å². The molecular weight excluding hydrogens is 282 g/mol. The van der Waals surface area contributed by atoms with Crippen LogP contribution in [-0.2, 0) is 20.9 Å². The number of amides is 3. The number of nitrogens with zero attached hydrogens (tertiary/aromatic N) is 4.